The Labute approximate surface area is 158 Å². The summed E-state index contributed by atoms with van der Waals surface area (Å²) >= 11 is 0. The lowest BCUT2D eigenvalue weighted by Gasteiger charge is -2.14. The van der Waals surface area contributed by atoms with E-state index < -0.39 is 10.0 Å². The maximum absolute atomic E-state index is 12.4. The van der Waals surface area contributed by atoms with Crippen LogP contribution in [0.1, 0.15) is 40.3 Å². The Morgan fingerprint density at radius 2 is 2.04 bits per heavy atom. The van der Waals surface area contributed by atoms with Gasteiger partial charge in [0.15, 0.2) is 5.76 Å². The third-order valence-electron chi connectivity index (χ3n) is 4.29. The van der Waals surface area contributed by atoms with Gasteiger partial charge in [0.05, 0.1) is 10.6 Å². The molecule has 1 aliphatic carbocycles. The van der Waals surface area contributed by atoms with Gasteiger partial charge in [0.25, 0.3) is 15.9 Å². The zero-order valence-corrected chi connectivity index (χ0v) is 15.8. The molecule has 0 saturated heterocycles. The second kappa shape index (κ2) is 7.79. The second-order valence-electron chi connectivity index (χ2n) is 6.17. The molecule has 0 aliphatic heterocycles. The van der Waals surface area contributed by atoms with E-state index in [0.717, 1.165) is 6.42 Å². The molecule has 0 saturated carbocycles. The lowest BCUT2D eigenvalue weighted by Crippen LogP contribution is -2.24. The van der Waals surface area contributed by atoms with Crippen molar-refractivity contribution in [3.8, 4) is 0 Å². The molecular weight excluding hydrogens is 366 g/mol. The zero-order chi connectivity index (χ0) is 19.4. The molecule has 1 aromatic heterocycles. The molecule has 3 rings (SSSR count). The normalized spacial score (nSPS) is 15.2. The first-order valence-electron chi connectivity index (χ1n) is 8.59. The molecule has 7 nitrogen and oxygen atoms in total. The number of rotatable bonds is 6. The summed E-state index contributed by atoms with van der Waals surface area (Å²) in [5.41, 5.74) is 1.93. The van der Waals surface area contributed by atoms with Crippen molar-refractivity contribution in [3.05, 3.63) is 65.6 Å². The molecule has 2 aromatic rings. The Morgan fingerprint density at radius 3 is 2.74 bits per heavy atom. The molecule has 1 aromatic carbocycles. The molecule has 0 radical (unpaired) electrons. The average molecular weight is 387 g/mol. The van der Waals surface area contributed by atoms with Crippen LogP contribution in [0.2, 0.25) is 0 Å². The lowest BCUT2D eigenvalue weighted by molar-refractivity contribution is 0.0927. The number of hydrogen-bond donors (Lipinski definition) is 2. The number of furan rings is 1. The smallest absolute Gasteiger partial charge is 0.287 e. The van der Waals surface area contributed by atoms with Gasteiger partial charge in [-0.15, -0.1) is 6.58 Å². The number of nitrogens with one attached hydrogen (secondary N) is 2. The number of aryl methyl sites for hydroxylation is 1. The summed E-state index contributed by atoms with van der Waals surface area (Å²) < 4.78 is 30.5. The summed E-state index contributed by atoms with van der Waals surface area (Å²) in [6, 6.07) is 8.04. The molecule has 0 unspecified atom stereocenters. The molecule has 1 heterocycles. The molecule has 0 bridgehead atoms. The van der Waals surface area contributed by atoms with Gasteiger partial charge in [-0.2, -0.15) is 18.4 Å². The number of amides is 1. The summed E-state index contributed by atoms with van der Waals surface area (Å²) in [4.78, 5) is 14.7. The molecule has 1 aliphatic rings. The lowest BCUT2D eigenvalue weighted by atomic mass is 9.93. The molecular formula is C19H21N3O4S. The number of fused-ring (bicyclic) bond motifs is 1. The van der Waals surface area contributed by atoms with E-state index >= 15 is 0 Å². The van der Waals surface area contributed by atoms with Crippen LogP contribution in [-0.4, -0.2) is 26.6 Å². The van der Waals surface area contributed by atoms with Crippen LogP contribution in [0.4, 0.5) is 0 Å². The minimum Gasteiger partial charge on any atom is -0.455 e. The summed E-state index contributed by atoms with van der Waals surface area (Å²) in [6.45, 7) is 5.68. The molecule has 8 heteroatoms. The largest absolute Gasteiger partial charge is 0.455 e. The summed E-state index contributed by atoms with van der Waals surface area (Å²) in [5.74, 6) is 0.550. The van der Waals surface area contributed by atoms with Crippen molar-refractivity contribution in [1.29, 1.82) is 0 Å². The molecule has 0 atom stereocenters. The van der Waals surface area contributed by atoms with Crippen LogP contribution < -0.4 is 10.1 Å². The molecule has 2 N–H and O–H groups in total. The third kappa shape index (κ3) is 3.95. The average Bonchev–Trinajstić information content (AvgIpc) is 3.02. The Balaban J connectivity index is 1.90. The number of carbonyl (C=O) groups excluding carboxylic acids is 1. The van der Waals surface area contributed by atoms with Crippen molar-refractivity contribution >= 4 is 21.6 Å². The first-order valence-corrected chi connectivity index (χ1v) is 10.1. The van der Waals surface area contributed by atoms with Crippen LogP contribution in [0, 0.1) is 6.92 Å². The Kier molecular flexibility index (Phi) is 5.46. The van der Waals surface area contributed by atoms with Gasteiger partial charge in [0.1, 0.15) is 5.76 Å². The number of hydrazone groups is 1. The van der Waals surface area contributed by atoms with Crippen molar-refractivity contribution in [2.45, 2.75) is 31.1 Å². The minimum atomic E-state index is -3.76. The first kappa shape index (κ1) is 18.9. The molecule has 1 amide bonds. The van der Waals surface area contributed by atoms with Crippen LogP contribution in [0.3, 0.4) is 0 Å². The minimum absolute atomic E-state index is 0.138. The molecule has 142 valence electrons. The fourth-order valence-electron chi connectivity index (χ4n) is 3.01. The van der Waals surface area contributed by atoms with Gasteiger partial charge in [-0.3, -0.25) is 4.79 Å². The van der Waals surface area contributed by atoms with Gasteiger partial charge < -0.3 is 9.73 Å². The highest BCUT2D eigenvalue weighted by atomic mass is 32.2. The number of nitrogens with zero attached hydrogens (tertiary/aromatic N) is 1. The van der Waals surface area contributed by atoms with E-state index in [9.17, 15) is 13.2 Å². The molecule has 0 fully saturated rings. The van der Waals surface area contributed by atoms with E-state index in [2.05, 4.69) is 21.8 Å². The van der Waals surface area contributed by atoms with Gasteiger partial charge in [-0.1, -0.05) is 24.3 Å². The van der Waals surface area contributed by atoms with E-state index in [-0.39, 0.29) is 16.6 Å². The molecule has 27 heavy (non-hydrogen) atoms. The fourth-order valence-corrected chi connectivity index (χ4v) is 3.86. The van der Waals surface area contributed by atoms with Crippen molar-refractivity contribution in [1.82, 2.24) is 10.1 Å². The first-order chi connectivity index (χ1) is 12.9. The van der Waals surface area contributed by atoms with Gasteiger partial charge in [-0.25, -0.2) is 0 Å². The monoisotopic (exact) mass is 387 g/mol. The van der Waals surface area contributed by atoms with Crippen molar-refractivity contribution in [2.75, 3.05) is 6.54 Å². The predicted molar refractivity (Wildman–Crippen MR) is 102 cm³/mol. The van der Waals surface area contributed by atoms with Crippen LogP contribution in [0.15, 0.2) is 57.4 Å². The van der Waals surface area contributed by atoms with Crippen molar-refractivity contribution < 1.29 is 17.6 Å². The summed E-state index contributed by atoms with van der Waals surface area (Å²) in [7, 11) is -3.76. The predicted octanol–water partition coefficient (Wildman–Crippen LogP) is 2.52. The summed E-state index contributed by atoms with van der Waals surface area (Å²) in [5, 5.41) is 6.83. The number of sulfonamides is 1. The highest BCUT2D eigenvalue weighted by Gasteiger charge is 2.28. The van der Waals surface area contributed by atoms with Crippen LogP contribution in [-0.2, 0) is 16.4 Å². The highest BCUT2D eigenvalue weighted by Crippen LogP contribution is 2.30. The van der Waals surface area contributed by atoms with E-state index in [1.165, 1.54) is 12.1 Å². The third-order valence-corrected chi connectivity index (χ3v) is 5.52. The Bertz CT molecular complexity index is 991. The van der Waals surface area contributed by atoms with Crippen LogP contribution in [0.5, 0.6) is 0 Å². The van der Waals surface area contributed by atoms with E-state index in [1.54, 1.807) is 31.2 Å². The maximum atomic E-state index is 12.4. The zero-order valence-electron chi connectivity index (χ0n) is 15.0. The fraction of sp³-hybridized carbons (Fsp3) is 0.263. The SMILES string of the molecule is C=CCNC(=O)c1oc2c(c1C)/C(=N/NS(=O)(=O)c1ccccc1)CCC2. The topological polar surface area (TPSA) is 101 Å². The van der Waals surface area contributed by atoms with Crippen LogP contribution in [0.25, 0.3) is 0 Å². The van der Waals surface area contributed by atoms with Gasteiger partial charge in [0, 0.05) is 24.1 Å². The quantitative estimate of drug-likeness (QED) is 0.587. The second-order valence-corrected chi connectivity index (χ2v) is 7.83. The van der Waals surface area contributed by atoms with E-state index in [0.29, 0.717) is 42.0 Å². The van der Waals surface area contributed by atoms with Crippen molar-refractivity contribution in [2.24, 2.45) is 5.10 Å². The van der Waals surface area contributed by atoms with Gasteiger partial charge in [0.2, 0.25) is 0 Å². The number of benzene rings is 1. The van der Waals surface area contributed by atoms with Gasteiger partial charge >= 0.3 is 0 Å². The van der Waals surface area contributed by atoms with Gasteiger partial charge in [-0.05, 0) is 31.9 Å². The number of hydrogen-bond acceptors (Lipinski definition) is 5. The Hall–Kier alpha value is -2.87. The highest BCUT2D eigenvalue weighted by molar-refractivity contribution is 7.89. The standard InChI is InChI=1S/C19H21N3O4S/c1-3-12-20-19(23)18-13(2)17-15(10-7-11-16(17)26-18)21-22-27(24,25)14-8-5-4-6-9-14/h3-6,8-9,22H,1,7,10-12H2,2H3,(H,20,23)/b21-15+. The summed E-state index contributed by atoms with van der Waals surface area (Å²) in [6.07, 6.45) is 3.62. The maximum Gasteiger partial charge on any atom is 0.287 e. The van der Waals surface area contributed by atoms with Crippen molar-refractivity contribution in [3.63, 3.8) is 0 Å². The molecule has 0 spiro atoms. The van der Waals surface area contributed by atoms with E-state index in [4.69, 9.17) is 4.42 Å². The van der Waals surface area contributed by atoms with Crippen LogP contribution >= 0.6 is 0 Å². The number of carbonyl (C=O) groups is 1. The van der Waals surface area contributed by atoms with E-state index in [1.807, 2.05) is 0 Å². The Morgan fingerprint density at radius 1 is 1.30 bits per heavy atom.